The summed E-state index contributed by atoms with van der Waals surface area (Å²) < 4.78 is 0. The minimum absolute atomic E-state index is 0.158. The average molecular weight is 200 g/mol. The van der Waals surface area contributed by atoms with Gasteiger partial charge in [-0.3, -0.25) is 4.79 Å². The summed E-state index contributed by atoms with van der Waals surface area (Å²) in [6.45, 7) is 5.53. The van der Waals surface area contributed by atoms with E-state index < -0.39 is 0 Å². The number of amides is 1. The Kier molecular flexibility index (Phi) is 4.35. The molecule has 0 aromatic heterocycles. The lowest BCUT2D eigenvalue weighted by Crippen LogP contribution is -2.49. The highest BCUT2D eigenvalue weighted by atomic mass is 16.3. The smallest absolute Gasteiger partial charge is 0.223 e. The van der Waals surface area contributed by atoms with E-state index >= 15 is 0 Å². The van der Waals surface area contributed by atoms with Gasteiger partial charge in [-0.25, -0.2) is 0 Å². The third kappa shape index (κ3) is 3.27. The van der Waals surface area contributed by atoms with Gasteiger partial charge in [-0.05, 0) is 13.0 Å². The first-order chi connectivity index (χ1) is 6.63. The number of aliphatic hydroxyl groups excluding tert-OH is 1. The zero-order valence-corrected chi connectivity index (χ0v) is 9.07. The van der Waals surface area contributed by atoms with Gasteiger partial charge in [0, 0.05) is 32.6 Å². The molecule has 1 saturated heterocycles. The first-order valence-electron chi connectivity index (χ1n) is 5.20. The van der Waals surface area contributed by atoms with Gasteiger partial charge in [0.1, 0.15) is 0 Å². The second-order valence-electron chi connectivity index (χ2n) is 4.18. The van der Waals surface area contributed by atoms with Crippen molar-refractivity contribution in [3.63, 3.8) is 0 Å². The summed E-state index contributed by atoms with van der Waals surface area (Å²) in [6.07, 6.45) is 0.573. The van der Waals surface area contributed by atoms with Crippen molar-refractivity contribution in [3.05, 3.63) is 0 Å². The summed E-state index contributed by atoms with van der Waals surface area (Å²) >= 11 is 0. The minimum Gasteiger partial charge on any atom is -0.395 e. The predicted octanol–water partition coefficient (Wildman–Crippen LogP) is -0.221. The van der Waals surface area contributed by atoms with Gasteiger partial charge in [-0.1, -0.05) is 6.92 Å². The quantitative estimate of drug-likeness (QED) is 0.667. The maximum atomic E-state index is 11.5. The molecule has 1 aliphatic rings. The van der Waals surface area contributed by atoms with Crippen LogP contribution in [0.25, 0.3) is 0 Å². The lowest BCUT2D eigenvalue weighted by atomic mass is 10.0. The molecule has 0 aliphatic carbocycles. The maximum absolute atomic E-state index is 11.5. The van der Waals surface area contributed by atoms with Gasteiger partial charge in [0.2, 0.25) is 5.91 Å². The molecule has 0 spiro atoms. The maximum Gasteiger partial charge on any atom is 0.223 e. The molecule has 1 amide bonds. The highest BCUT2D eigenvalue weighted by Crippen LogP contribution is 2.14. The summed E-state index contributed by atoms with van der Waals surface area (Å²) in [6, 6.07) is 0. The van der Waals surface area contributed by atoms with Crippen LogP contribution >= 0.6 is 0 Å². The SMILES string of the molecule is CC1CN(C(=O)CCN(C)CCO)C1. The molecule has 1 fully saturated rings. The molecule has 0 unspecified atom stereocenters. The molecule has 1 heterocycles. The Morgan fingerprint density at radius 3 is 2.64 bits per heavy atom. The molecule has 0 atom stereocenters. The number of carbonyl (C=O) groups is 1. The van der Waals surface area contributed by atoms with Crippen LogP contribution < -0.4 is 0 Å². The molecule has 0 bridgehead atoms. The molecular formula is C10H20N2O2. The van der Waals surface area contributed by atoms with Crippen molar-refractivity contribution in [2.75, 3.05) is 39.8 Å². The Bertz CT molecular complexity index is 191. The number of likely N-dealkylation sites (N-methyl/N-ethyl adjacent to an activating group) is 1. The predicted molar refractivity (Wildman–Crippen MR) is 54.9 cm³/mol. The van der Waals surface area contributed by atoms with Crippen molar-refractivity contribution in [1.82, 2.24) is 9.80 Å². The van der Waals surface area contributed by atoms with E-state index in [1.165, 1.54) is 0 Å². The number of carbonyl (C=O) groups excluding carboxylic acids is 1. The largest absolute Gasteiger partial charge is 0.395 e. The van der Waals surface area contributed by atoms with Crippen molar-refractivity contribution in [2.24, 2.45) is 5.92 Å². The number of nitrogens with zero attached hydrogens (tertiary/aromatic N) is 2. The second-order valence-corrected chi connectivity index (χ2v) is 4.18. The van der Waals surface area contributed by atoms with Crippen molar-refractivity contribution in [3.8, 4) is 0 Å². The Hall–Kier alpha value is -0.610. The second kappa shape index (κ2) is 5.32. The van der Waals surface area contributed by atoms with Crippen molar-refractivity contribution < 1.29 is 9.90 Å². The average Bonchev–Trinajstić information content (AvgIpc) is 2.10. The van der Waals surface area contributed by atoms with E-state index in [1.807, 2.05) is 16.8 Å². The van der Waals surface area contributed by atoms with E-state index in [1.54, 1.807) is 0 Å². The minimum atomic E-state index is 0.158. The van der Waals surface area contributed by atoms with E-state index in [0.29, 0.717) is 18.9 Å². The number of likely N-dealkylation sites (tertiary alicyclic amines) is 1. The monoisotopic (exact) mass is 200 g/mol. The standard InChI is InChI=1S/C10H20N2O2/c1-9-7-12(8-9)10(14)3-4-11(2)5-6-13/h9,13H,3-8H2,1-2H3. The van der Waals surface area contributed by atoms with Gasteiger partial charge in [0.25, 0.3) is 0 Å². The van der Waals surface area contributed by atoms with Crippen LogP contribution in [0, 0.1) is 5.92 Å². The number of rotatable bonds is 5. The van der Waals surface area contributed by atoms with E-state index in [4.69, 9.17) is 5.11 Å². The lowest BCUT2D eigenvalue weighted by molar-refractivity contribution is -0.137. The molecule has 0 aromatic rings. The van der Waals surface area contributed by atoms with E-state index in [2.05, 4.69) is 6.92 Å². The zero-order valence-electron chi connectivity index (χ0n) is 9.07. The van der Waals surface area contributed by atoms with Crippen LogP contribution in [-0.4, -0.2) is 60.6 Å². The van der Waals surface area contributed by atoms with E-state index in [9.17, 15) is 4.79 Å². The molecule has 1 aliphatic heterocycles. The summed E-state index contributed by atoms with van der Waals surface area (Å²) in [7, 11) is 1.92. The molecule has 1 rings (SSSR count). The molecule has 14 heavy (non-hydrogen) atoms. The molecule has 4 nitrogen and oxygen atoms in total. The zero-order chi connectivity index (χ0) is 10.6. The fraction of sp³-hybridized carbons (Fsp3) is 0.900. The molecular weight excluding hydrogens is 180 g/mol. The first kappa shape index (κ1) is 11.5. The molecule has 4 heteroatoms. The van der Waals surface area contributed by atoms with Crippen LogP contribution in [0.4, 0.5) is 0 Å². The Labute approximate surface area is 85.5 Å². The number of hydrogen-bond acceptors (Lipinski definition) is 3. The highest BCUT2D eigenvalue weighted by Gasteiger charge is 2.26. The van der Waals surface area contributed by atoms with Crippen LogP contribution in [-0.2, 0) is 4.79 Å². The fourth-order valence-corrected chi connectivity index (χ4v) is 1.63. The third-order valence-corrected chi connectivity index (χ3v) is 2.61. The Morgan fingerprint density at radius 1 is 1.50 bits per heavy atom. The van der Waals surface area contributed by atoms with Crippen LogP contribution in [0.5, 0.6) is 0 Å². The van der Waals surface area contributed by atoms with Gasteiger partial charge in [-0.2, -0.15) is 0 Å². The Morgan fingerprint density at radius 2 is 2.14 bits per heavy atom. The number of aliphatic hydroxyl groups is 1. The van der Waals surface area contributed by atoms with Gasteiger partial charge < -0.3 is 14.9 Å². The normalized spacial score (nSPS) is 17.3. The van der Waals surface area contributed by atoms with Crippen LogP contribution in [0.1, 0.15) is 13.3 Å². The van der Waals surface area contributed by atoms with Gasteiger partial charge in [0.05, 0.1) is 6.61 Å². The molecule has 0 radical (unpaired) electrons. The summed E-state index contributed by atoms with van der Waals surface area (Å²) in [5.41, 5.74) is 0. The summed E-state index contributed by atoms with van der Waals surface area (Å²) in [5.74, 6) is 0.919. The van der Waals surface area contributed by atoms with E-state index in [-0.39, 0.29) is 12.5 Å². The summed E-state index contributed by atoms with van der Waals surface area (Å²) in [4.78, 5) is 15.4. The lowest BCUT2D eigenvalue weighted by Gasteiger charge is -2.37. The van der Waals surface area contributed by atoms with Gasteiger partial charge >= 0.3 is 0 Å². The molecule has 0 aromatic carbocycles. The van der Waals surface area contributed by atoms with Crippen LogP contribution in [0.3, 0.4) is 0 Å². The molecule has 0 saturated carbocycles. The van der Waals surface area contributed by atoms with Gasteiger partial charge in [0.15, 0.2) is 0 Å². The third-order valence-electron chi connectivity index (χ3n) is 2.61. The summed E-state index contributed by atoms with van der Waals surface area (Å²) in [5, 5.41) is 8.67. The van der Waals surface area contributed by atoms with Crippen LogP contribution in [0.2, 0.25) is 0 Å². The van der Waals surface area contributed by atoms with Gasteiger partial charge in [-0.15, -0.1) is 0 Å². The molecule has 82 valence electrons. The van der Waals surface area contributed by atoms with Crippen molar-refractivity contribution in [1.29, 1.82) is 0 Å². The van der Waals surface area contributed by atoms with Crippen molar-refractivity contribution >= 4 is 5.91 Å². The van der Waals surface area contributed by atoms with Crippen molar-refractivity contribution in [2.45, 2.75) is 13.3 Å². The number of hydrogen-bond donors (Lipinski definition) is 1. The molecule has 1 N–H and O–H groups in total. The van der Waals surface area contributed by atoms with Crippen LogP contribution in [0.15, 0.2) is 0 Å². The highest BCUT2D eigenvalue weighted by molar-refractivity contribution is 5.77. The van der Waals surface area contributed by atoms with E-state index in [0.717, 1.165) is 19.6 Å². The Balaban J connectivity index is 2.09. The fourth-order valence-electron chi connectivity index (χ4n) is 1.63. The topological polar surface area (TPSA) is 43.8 Å². The first-order valence-corrected chi connectivity index (χ1v) is 5.20.